The standard InChI is InChI=1S/C22H20N2O5S2/c1-15-7-8-16(22(26)27)13-20(15)23-21(25)14-30-18-11-9-17(10-12-18)24-31(28,29)19-5-3-2-4-6-19/h2-13,24H,14H2,1H3,(H,23,25)(H,26,27). The van der Waals surface area contributed by atoms with Crippen LogP contribution in [0.3, 0.4) is 0 Å². The van der Waals surface area contributed by atoms with E-state index in [0.717, 1.165) is 10.5 Å². The molecule has 0 aliphatic heterocycles. The van der Waals surface area contributed by atoms with Crippen molar-refractivity contribution in [3.05, 3.63) is 83.9 Å². The van der Waals surface area contributed by atoms with Gasteiger partial charge < -0.3 is 10.4 Å². The van der Waals surface area contributed by atoms with Gasteiger partial charge in [-0.25, -0.2) is 13.2 Å². The molecule has 3 aromatic rings. The average molecular weight is 457 g/mol. The molecule has 0 bridgehead atoms. The van der Waals surface area contributed by atoms with E-state index in [1.165, 1.54) is 36.0 Å². The highest BCUT2D eigenvalue weighted by atomic mass is 32.2. The van der Waals surface area contributed by atoms with E-state index in [2.05, 4.69) is 10.0 Å². The predicted octanol–water partition coefficient (Wildman–Crippen LogP) is 4.22. The third-order valence-electron chi connectivity index (χ3n) is 4.29. The summed E-state index contributed by atoms with van der Waals surface area (Å²) in [5.74, 6) is -1.22. The number of aryl methyl sites for hydroxylation is 1. The third-order valence-corrected chi connectivity index (χ3v) is 6.70. The van der Waals surface area contributed by atoms with Crippen molar-refractivity contribution >= 4 is 45.0 Å². The molecule has 7 nitrogen and oxygen atoms in total. The first-order chi connectivity index (χ1) is 14.7. The number of anilines is 2. The van der Waals surface area contributed by atoms with E-state index in [1.807, 2.05) is 0 Å². The summed E-state index contributed by atoms with van der Waals surface area (Å²) in [5, 5.41) is 11.8. The van der Waals surface area contributed by atoms with Crippen LogP contribution >= 0.6 is 11.8 Å². The summed E-state index contributed by atoms with van der Waals surface area (Å²) in [5.41, 5.74) is 1.73. The molecule has 0 unspecified atom stereocenters. The van der Waals surface area contributed by atoms with Crippen LogP contribution in [0, 0.1) is 6.92 Å². The fraction of sp³-hybridized carbons (Fsp3) is 0.0909. The lowest BCUT2D eigenvalue weighted by atomic mass is 10.1. The second-order valence-corrected chi connectivity index (χ2v) is 9.35. The molecule has 0 spiro atoms. The second kappa shape index (κ2) is 9.67. The van der Waals surface area contributed by atoms with E-state index in [0.29, 0.717) is 11.4 Å². The Balaban J connectivity index is 1.58. The first-order valence-corrected chi connectivity index (χ1v) is 11.7. The van der Waals surface area contributed by atoms with E-state index in [9.17, 15) is 18.0 Å². The zero-order chi connectivity index (χ0) is 22.4. The number of aromatic carboxylic acids is 1. The summed E-state index contributed by atoms with van der Waals surface area (Å²) >= 11 is 1.28. The molecule has 3 rings (SSSR count). The number of carboxylic acid groups (broad SMARTS) is 1. The minimum Gasteiger partial charge on any atom is -0.478 e. The Morgan fingerprint density at radius 1 is 0.968 bits per heavy atom. The molecule has 3 N–H and O–H groups in total. The van der Waals surface area contributed by atoms with E-state index in [1.54, 1.807) is 55.5 Å². The summed E-state index contributed by atoms with van der Waals surface area (Å²) in [6.07, 6.45) is 0. The summed E-state index contributed by atoms with van der Waals surface area (Å²) in [6.45, 7) is 1.78. The van der Waals surface area contributed by atoms with Gasteiger partial charge in [-0.3, -0.25) is 9.52 Å². The number of carboxylic acids is 1. The maximum absolute atomic E-state index is 12.4. The van der Waals surface area contributed by atoms with Crippen molar-refractivity contribution in [2.45, 2.75) is 16.7 Å². The van der Waals surface area contributed by atoms with Gasteiger partial charge in [0, 0.05) is 16.3 Å². The van der Waals surface area contributed by atoms with Crippen molar-refractivity contribution < 1.29 is 23.1 Å². The fourth-order valence-corrected chi connectivity index (χ4v) is 4.44. The van der Waals surface area contributed by atoms with Gasteiger partial charge in [-0.2, -0.15) is 0 Å². The first-order valence-electron chi connectivity index (χ1n) is 9.19. The number of amides is 1. The first kappa shape index (κ1) is 22.4. The molecule has 0 aliphatic carbocycles. The SMILES string of the molecule is Cc1ccc(C(=O)O)cc1NC(=O)CSc1ccc(NS(=O)(=O)c2ccccc2)cc1. The van der Waals surface area contributed by atoms with Crippen molar-refractivity contribution in [3.8, 4) is 0 Å². The van der Waals surface area contributed by atoms with E-state index < -0.39 is 16.0 Å². The molecular formula is C22H20N2O5S2. The van der Waals surface area contributed by atoms with Crippen LogP contribution in [0.4, 0.5) is 11.4 Å². The summed E-state index contributed by atoms with van der Waals surface area (Å²) in [7, 11) is -3.66. The van der Waals surface area contributed by atoms with Crippen molar-refractivity contribution in [2.24, 2.45) is 0 Å². The lowest BCUT2D eigenvalue weighted by Crippen LogP contribution is -2.15. The van der Waals surface area contributed by atoms with Gasteiger partial charge in [-0.05, 0) is 61.0 Å². The number of sulfonamides is 1. The van der Waals surface area contributed by atoms with E-state index in [-0.39, 0.29) is 22.1 Å². The Morgan fingerprint density at radius 2 is 1.65 bits per heavy atom. The maximum atomic E-state index is 12.4. The van der Waals surface area contributed by atoms with Gasteiger partial charge in [-0.1, -0.05) is 24.3 Å². The molecule has 3 aromatic carbocycles. The number of hydrogen-bond donors (Lipinski definition) is 3. The fourth-order valence-electron chi connectivity index (χ4n) is 2.66. The Bertz CT molecular complexity index is 1190. The van der Waals surface area contributed by atoms with Gasteiger partial charge in [0.1, 0.15) is 0 Å². The molecule has 0 saturated carbocycles. The van der Waals surface area contributed by atoms with E-state index >= 15 is 0 Å². The van der Waals surface area contributed by atoms with Crippen LogP contribution in [0.25, 0.3) is 0 Å². The molecule has 0 radical (unpaired) electrons. The Morgan fingerprint density at radius 3 is 2.29 bits per heavy atom. The minimum atomic E-state index is -3.66. The van der Waals surface area contributed by atoms with Crippen molar-refractivity contribution in [3.63, 3.8) is 0 Å². The number of rotatable bonds is 8. The molecular weight excluding hydrogens is 436 g/mol. The molecule has 0 aliphatic rings. The quantitative estimate of drug-likeness (QED) is 0.438. The number of thioether (sulfide) groups is 1. The molecule has 160 valence electrons. The highest BCUT2D eigenvalue weighted by Crippen LogP contribution is 2.23. The molecule has 31 heavy (non-hydrogen) atoms. The lowest BCUT2D eigenvalue weighted by molar-refractivity contribution is -0.113. The van der Waals surface area contributed by atoms with Crippen LogP contribution < -0.4 is 10.0 Å². The average Bonchev–Trinajstić information content (AvgIpc) is 2.75. The number of carbonyl (C=O) groups is 2. The zero-order valence-corrected chi connectivity index (χ0v) is 18.2. The topological polar surface area (TPSA) is 113 Å². The Hall–Kier alpha value is -3.30. The Kier molecular flexibility index (Phi) is 6.98. The minimum absolute atomic E-state index is 0.0992. The van der Waals surface area contributed by atoms with Crippen molar-refractivity contribution in [1.29, 1.82) is 0 Å². The summed E-state index contributed by atoms with van der Waals surface area (Å²) < 4.78 is 27.2. The number of benzene rings is 3. The van der Waals surface area contributed by atoms with Crippen LogP contribution in [0.5, 0.6) is 0 Å². The second-order valence-electron chi connectivity index (χ2n) is 6.61. The molecule has 9 heteroatoms. The van der Waals surface area contributed by atoms with Gasteiger partial charge in [-0.15, -0.1) is 11.8 Å². The number of hydrogen-bond acceptors (Lipinski definition) is 5. The Labute approximate surface area is 184 Å². The monoisotopic (exact) mass is 456 g/mol. The molecule has 0 heterocycles. The smallest absolute Gasteiger partial charge is 0.335 e. The lowest BCUT2D eigenvalue weighted by Gasteiger charge is -2.10. The molecule has 0 aromatic heterocycles. The third kappa shape index (κ3) is 6.09. The molecule has 0 saturated heterocycles. The molecule has 1 amide bonds. The van der Waals surface area contributed by atoms with Gasteiger partial charge in [0.15, 0.2) is 0 Å². The highest BCUT2D eigenvalue weighted by Gasteiger charge is 2.13. The molecule has 0 fully saturated rings. The van der Waals surface area contributed by atoms with Crippen molar-refractivity contribution in [1.82, 2.24) is 0 Å². The molecule has 0 atom stereocenters. The predicted molar refractivity (Wildman–Crippen MR) is 121 cm³/mol. The van der Waals surface area contributed by atoms with E-state index in [4.69, 9.17) is 5.11 Å². The largest absolute Gasteiger partial charge is 0.478 e. The van der Waals surface area contributed by atoms with Gasteiger partial charge in [0.2, 0.25) is 5.91 Å². The van der Waals surface area contributed by atoms with Crippen LogP contribution in [0.15, 0.2) is 82.6 Å². The normalized spacial score (nSPS) is 11.0. The van der Waals surface area contributed by atoms with Crippen LogP contribution in [0.2, 0.25) is 0 Å². The van der Waals surface area contributed by atoms with Crippen molar-refractivity contribution in [2.75, 3.05) is 15.8 Å². The number of carbonyl (C=O) groups excluding carboxylic acids is 1. The highest BCUT2D eigenvalue weighted by molar-refractivity contribution is 8.00. The van der Waals surface area contributed by atoms with Gasteiger partial charge >= 0.3 is 5.97 Å². The van der Waals surface area contributed by atoms with Crippen LogP contribution in [-0.2, 0) is 14.8 Å². The summed E-state index contributed by atoms with van der Waals surface area (Å²) in [6, 6.07) is 19.3. The zero-order valence-electron chi connectivity index (χ0n) is 16.5. The van der Waals surface area contributed by atoms with Gasteiger partial charge in [0.25, 0.3) is 10.0 Å². The summed E-state index contributed by atoms with van der Waals surface area (Å²) in [4.78, 5) is 24.3. The van der Waals surface area contributed by atoms with Crippen LogP contribution in [-0.4, -0.2) is 31.2 Å². The maximum Gasteiger partial charge on any atom is 0.335 e. The number of nitrogens with one attached hydrogen (secondary N) is 2. The van der Waals surface area contributed by atoms with Gasteiger partial charge in [0.05, 0.1) is 16.2 Å². The van der Waals surface area contributed by atoms with Crippen LogP contribution in [0.1, 0.15) is 15.9 Å².